The van der Waals surface area contributed by atoms with E-state index in [4.69, 9.17) is 0 Å². The maximum atomic E-state index is 12.2. The van der Waals surface area contributed by atoms with Crippen molar-refractivity contribution in [3.05, 3.63) is 27.9 Å². The van der Waals surface area contributed by atoms with Crippen LogP contribution < -0.4 is 10.6 Å². The van der Waals surface area contributed by atoms with E-state index >= 15 is 0 Å². The van der Waals surface area contributed by atoms with Crippen LogP contribution in [0.2, 0.25) is 0 Å². The van der Waals surface area contributed by atoms with Crippen molar-refractivity contribution in [3.8, 4) is 0 Å². The summed E-state index contributed by atoms with van der Waals surface area (Å²) in [4.78, 5) is 26.5. The van der Waals surface area contributed by atoms with Gasteiger partial charge in [-0.05, 0) is 24.3 Å². The fourth-order valence-electron chi connectivity index (χ4n) is 2.02. The molecule has 0 unspecified atom stereocenters. The second kappa shape index (κ2) is 6.56. The van der Waals surface area contributed by atoms with Crippen molar-refractivity contribution >= 4 is 29.2 Å². The first-order valence-electron chi connectivity index (χ1n) is 6.32. The predicted molar refractivity (Wildman–Crippen MR) is 78.3 cm³/mol. The number of anilines is 1. The number of hydrogen-bond acceptors (Lipinski definition) is 6. The highest BCUT2D eigenvalue weighted by molar-refractivity contribution is 7.99. The van der Waals surface area contributed by atoms with E-state index in [1.165, 1.54) is 6.07 Å². The van der Waals surface area contributed by atoms with Crippen LogP contribution in [0, 0.1) is 10.1 Å². The maximum Gasteiger partial charge on any atom is 0.300 e. The number of thioether (sulfide) groups is 1. The van der Waals surface area contributed by atoms with Crippen molar-refractivity contribution < 1.29 is 9.72 Å². The maximum absolute atomic E-state index is 12.2. The lowest BCUT2D eigenvalue weighted by Gasteiger charge is -2.22. The largest absolute Gasteiger partial charge is 0.373 e. The Labute approximate surface area is 120 Å². The number of carbonyl (C=O) groups excluding carboxylic acids is 1. The lowest BCUT2D eigenvalue weighted by atomic mass is 10.1. The number of pyridine rings is 1. The molecule has 0 bridgehead atoms. The summed E-state index contributed by atoms with van der Waals surface area (Å²) in [6, 6.07) is 1.50. The molecule has 0 saturated carbocycles. The molecule has 7 nitrogen and oxygen atoms in total. The van der Waals surface area contributed by atoms with Crippen LogP contribution in [0.4, 0.5) is 11.5 Å². The van der Waals surface area contributed by atoms with E-state index in [1.807, 2.05) is 11.8 Å². The molecule has 1 aliphatic rings. The van der Waals surface area contributed by atoms with Gasteiger partial charge in [0.2, 0.25) is 0 Å². The molecule has 2 N–H and O–H groups in total. The van der Waals surface area contributed by atoms with Gasteiger partial charge in [0.15, 0.2) is 0 Å². The van der Waals surface area contributed by atoms with Gasteiger partial charge >= 0.3 is 0 Å². The van der Waals surface area contributed by atoms with Crippen LogP contribution >= 0.6 is 11.8 Å². The van der Waals surface area contributed by atoms with Gasteiger partial charge in [-0.1, -0.05) is 0 Å². The van der Waals surface area contributed by atoms with Crippen LogP contribution in [0.15, 0.2) is 12.3 Å². The number of amides is 1. The molecule has 1 saturated heterocycles. The SMILES string of the molecule is CNc1cc(C(=O)NC2CCSCC2)c([N+](=O)[O-])cn1. The lowest BCUT2D eigenvalue weighted by molar-refractivity contribution is -0.385. The third kappa shape index (κ3) is 3.38. The van der Waals surface area contributed by atoms with Crippen LogP contribution in [0.3, 0.4) is 0 Å². The molecule has 0 radical (unpaired) electrons. The lowest BCUT2D eigenvalue weighted by Crippen LogP contribution is -2.37. The quantitative estimate of drug-likeness (QED) is 0.648. The summed E-state index contributed by atoms with van der Waals surface area (Å²) >= 11 is 1.86. The number of hydrogen-bond donors (Lipinski definition) is 2. The van der Waals surface area contributed by atoms with Crippen molar-refractivity contribution in [2.24, 2.45) is 0 Å². The molecule has 108 valence electrons. The fourth-order valence-corrected chi connectivity index (χ4v) is 3.12. The van der Waals surface area contributed by atoms with E-state index in [9.17, 15) is 14.9 Å². The highest BCUT2D eigenvalue weighted by Crippen LogP contribution is 2.22. The minimum Gasteiger partial charge on any atom is -0.373 e. The zero-order valence-electron chi connectivity index (χ0n) is 11.1. The van der Waals surface area contributed by atoms with Crippen LogP contribution in [0.5, 0.6) is 0 Å². The molecule has 0 aliphatic carbocycles. The number of carbonyl (C=O) groups is 1. The summed E-state index contributed by atoms with van der Waals surface area (Å²) in [6.07, 6.45) is 2.90. The Bertz CT molecular complexity index is 517. The molecule has 1 amide bonds. The zero-order valence-corrected chi connectivity index (χ0v) is 11.9. The average molecular weight is 296 g/mol. The third-order valence-electron chi connectivity index (χ3n) is 3.14. The van der Waals surface area contributed by atoms with Gasteiger partial charge in [0, 0.05) is 19.2 Å². The molecule has 1 aromatic heterocycles. The first-order chi connectivity index (χ1) is 9.61. The summed E-state index contributed by atoms with van der Waals surface area (Å²) < 4.78 is 0. The average Bonchev–Trinajstić information content (AvgIpc) is 2.47. The molecule has 0 spiro atoms. The van der Waals surface area contributed by atoms with Gasteiger partial charge in [0.25, 0.3) is 11.6 Å². The van der Waals surface area contributed by atoms with Crippen LogP contribution in [0.1, 0.15) is 23.2 Å². The van der Waals surface area contributed by atoms with Crippen LogP contribution in [-0.4, -0.2) is 40.4 Å². The summed E-state index contributed by atoms with van der Waals surface area (Å²) in [5.41, 5.74) is -0.223. The number of nitro groups is 1. The summed E-state index contributed by atoms with van der Waals surface area (Å²) in [6.45, 7) is 0. The Morgan fingerprint density at radius 3 is 2.80 bits per heavy atom. The van der Waals surface area contributed by atoms with Gasteiger partial charge < -0.3 is 10.6 Å². The molecule has 20 heavy (non-hydrogen) atoms. The molecular formula is C12H16N4O3S. The molecule has 1 aliphatic heterocycles. The molecule has 0 aromatic carbocycles. The van der Waals surface area contributed by atoms with Gasteiger partial charge in [-0.15, -0.1) is 0 Å². The first-order valence-corrected chi connectivity index (χ1v) is 7.48. The normalized spacial score (nSPS) is 15.7. The van der Waals surface area contributed by atoms with Crippen molar-refractivity contribution in [2.45, 2.75) is 18.9 Å². The van der Waals surface area contributed by atoms with Gasteiger partial charge in [0.05, 0.1) is 4.92 Å². The Kier molecular flexibility index (Phi) is 4.78. The van der Waals surface area contributed by atoms with Crippen molar-refractivity contribution in [1.82, 2.24) is 10.3 Å². The van der Waals surface area contributed by atoms with Gasteiger partial charge in [-0.25, -0.2) is 4.98 Å². The van der Waals surface area contributed by atoms with E-state index in [0.29, 0.717) is 5.82 Å². The Morgan fingerprint density at radius 1 is 1.50 bits per heavy atom. The van der Waals surface area contributed by atoms with E-state index in [1.54, 1.807) is 7.05 Å². The minimum absolute atomic E-state index is 0.0487. The summed E-state index contributed by atoms with van der Waals surface area (Å²) in [5, 5.41) is 16.6. The smallest absolute Gasteiger partial charge is 0.300 e. The van der Waals surface area contributed by atoms with E-state index in [-0.39, 0.29) is 17.3 Å². The van der Waals surface area contributed by atoms with E-state index in [0.717, 1.165) is 30.5 Å². The Hall–Kier alpha value is -1.83. The van der Waals surface area contributed by atoms with Crippen LogP contribution in [-0.2, 0) is 0 Å². The highest BCUT2D eigenvalue weighted by atomic mass is 32.2. The number of rotatable bonds is 4. The molecule has 2 rings (SSSR count). The minimum atomic E-state index is -0.585. The standard InChI is InChI=1S/C12H16N4O3S/c1-13-11-6-9(10(7-14-11)16(18)19)12(17)15-8-2-4-20-5-3-8/h6-8H,2-5H2,1H3,(H,13,14)(H,15,17). The fraction of sp³-hybridized carbons (Fsp3) is 0.500. The number of nitrogens with one attached hydrogen (secondary N) is 2. The second-order valence-electron chi connectivity index (χ2n) is 4.45. The van der Waals surface area contributed by atoms with Crippen LogP contribution in [0.25, 0.3) is 0 Å². The molecular weight excluding hydrogens is 280 g/mol. The monoisotopic (exact) mass is 296 g/mol. The first kappa shape index (κ1) is 14.6. The van der Waals surface area contributed by atoms with E-state index in [2.05, 4.69) is 15.6 Å². The van der Waals surface area contributed by atoms with Crippen molar-refractivity contribution in [1.29, 1.82) is 0 Å². The van der Waals surface area contributed by atoms with Crippen molar-refractivity contribution in [2.75, 3.05) is 23.9 Å². The Morgan fingerprint density at radius 2 is 2.20 bits per heavy atom. The second-order valence-corrected chi connectivity index (χ2v) is 5.68. The molecule has 0 atom stereocenters. The van der Waals surface area contributed by atoms with Crippen molar-refractivity contribution in [3.63, 3.8) is 0 Å². The zero-order chi connectivity index (χ0) is 14.5. The topological polar surface area (TPSA) is 97.2 Å². The molecule has 1 aromatic rings. The molecule has 2 heterocycles. The number of aromatic nitrogens is 1. The van der Waals surface area contributed by atoms with Gasteiger partial charge in [-0.2, -0.15) is 11.8 Å². The molecule has 8 heteroatoms. The Balaban J connectivity index is 2.20. The van der Waals surface area contributed by atoms with Gasteiger partial charge in [0.1, 0.15) is 17.6 Å². The highest BCUT2D eigenvalue weighted by Gasteiger charge is 2.24. The number of nitrogens with zero attached hydrogens (tertiary/aromatic N) is 2. The summed E-state index contributed by atoms with van der Waals surface area (Å²) in [5.74, 6) is 2.03. The predicted octanol–water partition coefficient (Wildman–Crippen LogP) is 1.66. The third-order valence-corrected chi connectivity index (χ3v) is 4.19. The molecule has 1 fully saturated rings. The summed E-state index contributed by atoms with van der Waals surface area (Å²) in [7, 11) is 1.65. The van der Waals surface area contributed by atoms with Gasteiger partial charge in [-0.3, -0.25) is 14.9 Å². The van der Waals surface area contributed by atoms with E-state index < -0.39 is 10.8 Å².